The maximum atomic E-state index is 11.2. The van der Waals surface area contributed by atoms with E-state index in [-0.39, 0.29) is 5.60 Å². The highest BCUT2D eigenvalue weighted by molar-refractivity contribution is 5.71. The molecule has 6 unspecified atom stereocenters. The van der Waals surface area contributed by atoms with E-state index in [0.717, 1.165) is 11.8 Å². The maximum Gasteiger partial charge on any atom is 0.332 e. The van der Waals surface area contributed by atoms with E-state index in [1.165, 1.54) is 19.3 Å². The lowest BCUT2D eigenvalue weighted by Gasteiger charge is -2.66. The second-order valence-electron chi connectivity index (χ2n) is 6.13. The highest BCUT2D eigenvalue weighted by atomic mass is 16.6. The summed E-state index contributed by atoms with van der Waals surface area (Å²) in [5, 5.41) is 8.74. The quantitative estimate of drug-likeness (QED) is 0.687. The Morgan fingerprint density at radius 2 is 2.27 bits per heavy atom. The third kappa shape index (κ3) is 0.690. The number of ether oxygens (including phenoxy) is 1. The van der Waals surface area contributed by atoms with E-state index in [4.69, 9.17) is 9.84 Å². The van der Waals surface area contributed by atoms with Crippen LogP contribution in [0.1, 0.15) is 26.2 Å². The zero-order chi connectivity index (χ0) is 10.4. The van der Waals surface area contributed by atoms with E-state index in [1.54, 1.807) is 0 Å². The fraction of sp³-hybridized carbons (Fsp3) is 0.917. The lowest BCUT2D eigenvalue weighted by atomic mass is 9.41. The van der Waals surface area contributed by atoms with Crippen LogP contribution in [-0.2, 0) is 9.53 Å². The molecule has 0 amide bonds. The number of aliphatic hydroxyl groups is 1. The van der Waals surface area contributed by atoms with Crippen LogP contribution in [0.5, 0.6) is 0 Å². The molecule has 3 nitrogen and oxygen atoms in total. The smallest absolute Gasteiger partial charge is 0.332 e. The summed E-state index contributed by atoms with van der Waals surface area (Å²) in [6.45, 7) is 1.60. The Morgan fingerprint density at radius 3 is 3.00 bits per heavy atom. The van der Waals surface area contributed by atoms with Crippen molar-refractivity contribution in [1.82, 2.24) is 0 Å². The molecule has 82 valence electrons. The second-order valence-corrected chi connectivity index (χ2v) is 6.13. The largest absolute Gasteiger partial charge is 0.457 e. The molecule has 0 aliphatic heterocycles. The van der Waals surface area contributed by atoms with Crippen molar-refractivity contribution in [1.29, 1.82) is 0 Å². The van der Waals surface area contributed by atoms with Gasteiger partial charge in [-0.25, -0.2) is 4.79 Å². The summed E-state index contributed by atoms with van der Waals surface area (Å²) in [6, 6.07) is 0. The van der Waals surface area contributed by atoms with Crippen LogP contribution in [0.2, 0.25) is 0 Å². The van der Waals surface area contributed by atoms with Gasteiger partial charge in [0.15, 0.2) is 0 Å². The number of hydrogen-bond acceptors (Lipinski definition) is 3. The van der Waals surface area contributed by atoms with Gasteiger partial charge in [-0.1, -0.05) is 0 Å². The highest BCUT2D eigenvalue weighted by Crippen LogP contribution is 2.88. The van der Waals surface area contributed by atoms with Gasteiger partial charge in [-0.05, 0) is 43.4 Å². The molecule has 4 fully saturated rings. The molecule has 4 saturated carbocycles. The van der Waals surface area contributed by atoms with Crippen LogP contribution in [0.4, 0.5) is 0 Å². The van der Waals surface area contributed by atoms with Gasteiger partial charge in [-0.3, -0.25) is 0 Å². The molecule has 1 N–H and O–H groups in total. The summed E-state index contributed by atoms with van der Waals surface area (Å²) >= 11 is 0. The normalized spacial score (nSPS) is 62.3. The van der Waals surface area contributed by atoms with Crippen molar-refractivity contribution in [2.75, 3.05) is 6.61 Å². The topological polar surface area (TPSA) is 46.5 Å². The summed E-state index contributed by atoms with van der Waals surface area (Å²) in [5.74, 6) is 2.56. The monoisotopic (exact) mass is 208 g/mol. The van der Waals surface area contributed by atoms with E-state index in [1.807, 2.05) is 0 Å². The first-order chi connectivity index (χ1) is 7.12. The predicted octanol–water partition coefficient (Wildman–Crippen LogP) is 0.956. The van der Waals surface area contributed by atoms with E-state index < -0.39 is 12.6 Å². The Balaban J connectivity index is 1.58. The van der Waals surface area contributed by atoms with Crippen molar-refractivity contribution in [2.45, 2.75) is 31.8 Å². The third-order valence-corrected chi connectivity index (χ3v) is 5.88. The number of carbonyl (C=O) groups excluding carboxylic acids is 1. The Hall–Kier alpha value is -0.570. The molecule has 1 spiro atoms. The first-order valence-electron chi connectivity index (χ1n) is 5.94. The molecule has 0 bridgehead atoms. The molecule has 4 aliphatic carbocycles. The molecule has 0 aromatic heterocycles. The Kier molecular flexibility index (Phi) is 1.20. The summed E-state index contributed by atoms with van der Waals surface area (Å²) in [7, 11) is 0. The van der Waals surface area contributed by atoms with Gasteiger partial charge in [-0.15, -0.1) is 0 Å². The highest BCUT2D eigenvalue weighted by Gasteiger charge is 2.85. The number of esters is 1. The van der Waals surface area contributed by atoms with E-state index in [9.17, 15) is 4.79 Å². The van der Waals surface area contributed by atoms with Gasteiger partial charge in [0, 0.05) is 11.8 Å². The second kappa shape index (κ2) is 2.10. The van der Waals surface area contributed by atoms with E-state index >= 15 is 0 Å². The van der Waals surface area contributed by atoms with Crippen molar-refractivity contribution in [3.8, 4) is 0 Å². The SMILES string of the molecule is CC1(OC(=O)CO)C2CC3CC34CC1C24. The molecule has 4 rings (SSSR count). The average Bonchev–Trinajstić information content (AvgIpc) is 2.86. The van der Waals surface area contributed by atoms with Crippen molar-refractivity contribution >= 4 is 5.97 Å². The van der Waals surface area contributed by atoms with Crippen molar-refractivity contribution in [3.05, 3.63) is 0 Å². The molecule has 0 heterocycles. The zero-order valence-corrected chi connectivity index (χ0v) is 8.90. The molecule has 15 heavy (non-hydrogen) atoms. The molecule has 0 saturated heterocycles. The molecule has 0 aromatic carbocycles. The van der Waals surface area contributed by atoms with Crippen LogP contribution >= 0.6 is 0 Å². The van der Waals surface area contributed by atoms with E-state index in [0.29, 0.717) is 17.3 Å². The molecular formula is C12H16O3. The molecule has 0 aromatic rings. The van der Waals surface area contributed by atoms with Gasteiger partial charge in [0.1, 0.15) is 12.2 Å². The minimum atomic E-state index is -0.478. The van der Waals surface area contributed by atoms with Crippen LogP contribution < -0.4 is 0 Å². The van der Waals surface area contributed by atoms with Crippen molar-refractivity contribution in [3.63, 3.8) is 0 Å². The van der Waals surface area contributed by atoms with Gasteiger partial charge >= 0.3 is 5.97 Å². The van der Waals surface area contributed by atoms with Crippen molar-refractivity contribution in [2.24, 2.45) is 29.1 Å². The summed E-state index contributed by atoms with van der Waals surface area (Å²) in [5.41, 5.74) is 0.476. The van der Waals surface area contributed by atoms with Gasteiger partial charge in [0.25, 0.3) is 0 Å². The molecular weight excluding hydrogens is 192 g/mol. The Morgan fingerprint density at radius 1 is 1.47 bits per heavy atom. The van der Waals surface area contributed by atoms with Crippen LogP contribution in [0.25, 0.3) is 0 Å². The summed E-state index contributed by atoms with van der Waals surface area (Å²) in [4.78, 5) is 11.2. The number of carbonyl (C=O) groups is 1. The van der Waals surface area contributed by atoms with Crippen LogP contribution in [0, 0.1) is 29.1 Å². The molecule has 0 radical (unpaired) electrons. The third-order valence-electron chi connectivity index (χ3n) is 5.88. The van der Waals surface area contributed by atoms with E-state index in [2.05, 4.69) is 6.92 Å². The van der Waals surface area contributed by atoms with Crippen molar-refractivity contribution < 1.29 is 14.6 Å². The lowest BCUT2D eigenvalue weighted by Crippen LogP contribution is -2.69. The lowest BCUT2D eigenvalue weighted by molar-refractivity contribution is -0.266. The predicted molar refractivity (Wildman–Crippen MR) is 51.8 cm³/mol. The number of hydrogen-bond donors (Lipinski definition) is 1. The first kappa shape index (κ1) is 8.57. The van der Waals surface area contributed by atoms with Gasteiger partial charge < -0.3 is 9.84 Å². The average molecular weight is 208 g/mol. The number of aliphatic hydroxyl groups excluding tert-OH is 1. The fourth-order valence-electron chi connectivity index (χ4n) is 5.16. The Bertz CT molecular complexity index is 366. The van der Waals surface area contributed by atoms with Crippen LogP contribution in [0.3, 0.4) is 0 Å². The molecule has 3 heteroatoms. The van der Waals surface area contributed by atoms with Crippen LogP contribution in [-0.4, -0.2) is 23.3 Å². The minimum absolute atomic E-state index is 0.233. The molecule has 4 aliphatic rings. The maximum absolute atomic E-state index is 11.2. The fourth-order valence-corrected chi connectivity index (χ4v) is 5.16. The van der Waals surface area contributed by atoms with Gasteiger partial charge in [-0.2, -0.15) is 0 Å². The summed E-state index contributed by atoms with van der Waals surface area (Å²) < 4.78 is 5.46. The Labute approximate surface area is 88.8 Å². The number of rotatable bonds is 2. The van der Waals surface area contributed by atoms with Gasteiger partial charge in [0.05, 0.1) is 0 Å². The first-order valence-corrected chi connectivity index (χ1v) is 5.94. The zero-order valence-electron chi connectivity index (χ0n) is 8.90. The molecule has 6 atom stereocenters. The standard InChI is InChI=1S/C12H16O3/c1-11(15-9(14)5-13)7-2-6-3-12(6)4-8(11)10(7)12/h6-8,10,13H,2-5H2,1H3. The van der Waals surface area contributed by atoms with Crippen LogP contribution in [0.15, 0.2) is 0 Å². The minimum Gasteiger partial charge on any atom is -0.457 e. The van der Waals surface area contributed by atoms with Gasteiger partial charge in [0.2, 0.25) is 0 Å². The summed E-state index contributed by atoms with van der Waals surface area (Å²) in [6.07, 6.45) is 3.97.